The number of ether oxygens (including phenoxy) is 1. The van der Waals surface area contributed by atoms with Crippen LogP contribution in [0.2, 0.25) is 0 Å². The van der Waals surface area contributed by atoms with Crippen LogP contribution in [0.1, 0.15) is 32.3 Å². The van der Waals surface area contributed by atoms with Gasteiger partial charge in [0, 0.05) is 24.7 Å². The molecule has 1 heterocycles. The van der Waals surface area contributed by atoms with Gasteiger partial charge in [-0.2, -0.15) is 5.26 Å². The zero-order chi connectivity index (χ0) is 18.4. The first-order valence-electron chi connectivity index (χ1n) is 8.37. The molecule has 1 saturated heterocycles. The highest BCUT2D eigenvalue weighted by Gasteiger charge is 2.26. The van der Waals surface area contributed by atoms with E-state index in [4.69, 9.17) is 4.74 Å². The number of carbonyl (C=O) groups is 2. The van der Waals surface area contributed by atoms with Gasteiger partial charge in [-0.15, -0.1) is 0 Å². The third-order valence-electron chi connectivity index (χ3n) is 4.08. The molecule has 0 aromatic heterocycles. The Bertz CT molecular complexity index is 698. The van der Waals surface area contributed by atoms with Gasteiger partial charge in [0.1, 0.15) is 11.8 Å². The molecule has 132 valence electrons. The molecule has 25 heavy (non-hydrogen) atoms. The van der Waals surface area contributed by atoms with Crippen molar-refractivity contribution >= 4 is 17.5 Å². The standard InChI is InChI=1S/C19H23N3O3/c1-4-18(23)22-9-7-14(8-10-22)19(24)21-16-5-6-17(25-13(2)3)15(11-16)12-20/h4-6,11,13-14H,1,7-10H2,2-3H3,(H,21,24). The van der Waals surface area contributed by atoms with Crippen LogP contribution >= 0.6 is 0 Å². The Balaban J connectivity index is 1.98. The van der Waals surface area contributed by atoms with Crippen molar-refractivity contribution < 1.29 is 14.3 Å². The molecule has 0 unspecified atom stereocenters. The number of hydrogen-bond acceptors (Lipinski definition) is 4. The summed E-state index contributed by atoms with van der Waals surface area (Å²) in [6.07, 6.45) is 2.50. The van der Waals surface area contributed by atoms with Crippen LogP contribution in [-0.2, 0) is 9.59 Å². The zero-order valence-electron chi connectivity index (χ0n) is 14.6. The Hall–Kier alpha value is -2.81. The summed E-state index contributed by atoms with van der Waals surface area (Å²) in [5.41, 5.74) is 0.958. The Morgan fingerprint density at radius 2 is 2.08 bits per heavy atom. The van der Waals surface area contributed by atoms with Crippen molar-refractivity contribution in [3.63, 3.8) is 0 Å². The largest absolute Gasteiger partial charge is 0.490 e. The lowest BCUT2D eigenvalue weighted by Gasteiger charge is -2.30. The molecule has 1 aliphatic rings. The maximum Gasteiger partial charge on any atom is 0.245 e. The molecular weight excluding hydrogens is 318 g/mol. The first kappa shape index (κ1) is 18.5. The maximum atomic E-state index is 12.4. The van der Waals surface area contributed by atoms with Crippen molar-refractivity contribution in [3.8, 4) is 11.8 Å². The number of nitrogens with one attached hydrogen (secondary N) is 1. The summed E-state index contributed by atoms with van der Waals surface area (Å²) in [4.78, 5) is 25.7. The van der Waals surface area contributed by atoms with Crippen LogP contribution < -0.4 is 10.1 Å². The summed E-state index contributed by atoms with van der Waals surface area (Å²) in [5, 5.41) is 12.1. The molecule has 0 aliphatic carbocycles. The van der Waals surface area contributed by atoms with E-state index in [1.807, 2.05) is 13.8 Å². The second kappa shape index (κ2) is 8.34. The van der Waals surface area contributed by atoms with E-state index in [9.17, 15) is 14.9 Å². The summed E-state index contributed by atoms with van der Waals surface area (Å²) >= 11 is 0. The average Bonchev–Trinajstić information content (AvgIpc) is 2.61. The zero-order valence-corrected chi connectivity index (χ0v) is 14.6. The van der Waals surface area contributed by atoms with Crippen LogP contribution in [0.15, 0.2) is 30.9 Å². The van der Waals surface area contributed by atoms with Gasteiger partial charge < -0.3 is 15.0 Å². The van der Waals surface area contributed by atoms with Crippen LogP contribution in [0.5, 0.6) is 5.75 Å². The lowest BCUT2D eigenvalue weighted by molar-refractivity contribution is -0.130. The lowest BCUT2D eigenvalue weighted by atomic mass is 9.95. The number of likely N-dealkylation sites (tertiary alicyclic amines) is 1. The molecule has 6 heteroatoms. The summed E-state index contributed by atoms with van der Waals surface area (Å²) < 4.78 is 5.58. The van der Waals surface area contributed by atoms with Gasteiger partial charge in [0.15, 0.2) is 0 Å². The summed E-state index contributed by atoms with van der Waals surface area (Å²) in [7, 11) is 0. The highest BCUT2D eigenvalue weighted by Crippen LogP contribution is 2.25. The lowest BCUT2D eigenvalue weighted by Crippen LogP contribution is -2.40. The Labute approximate surface area is 148 Å². The van der Waals surface area contributed by atoms with Gasteiger partial charge in [-0.05, 0) is 51.0 Å². The summed E-state index contributed by atoms with van der Waals surface area (Å²) in [6, 6.07) is 7.13. The number of rotatable bonds is 5. The van der Waals surface area contributed by atoms with E-state index in [0.29, 0.717) is 42.9 Å². The van der Waals surface area contributed by atoms with E-state index in [-0.39, 0.29) is 23.8 Å². The van der Waals surface area contributed by atoms with Crippen molar-refractivity contribution in [1.29, 1.82) is 5.26 Å². The van der Waals surface area contributed by atoms with Crippen LogP contribution in [0.25, 0.3) is 0 Å². The van der Waals surface area contributed by atoms with E-state index < -0.39 is 0 Å². The Morgan fingerprint density at radius 3 is 2.64 bits per heavy atom. The molecule has 1 aromatic carbocycles. The smallest absolute Gasteiger partial charge is 0.245 e. The normalized spacial score (nSPS) is 14.7. The van der Waals surface area contributed by atoms with Crippen LogP contribution in [-0.4, -0.2) is 35.9 Å². The topological polar surface area (TPSA) is 82.4 Å². The number of carbonyl (C=O) groups excluding carboxylic acids is 2. The van der Waals surface area contributed by atoms with E-state index in [1.54, 1.807) is 23.1 Å². The number of nitrogens with zero attached hydrogens (tertiary/aromatic N) is 2. The van der Waals surface area contributed by atoms with Gasteiger partial charge in [-0.1, -0.05) is 6.58 Å². The van der Waals surface area contributed by atoms with Gasteiger partial charge in [0.2, 0.25) is 11.8 Å². The SMILES string of the molecule is C=CC(=O)N1CCC(C(=O)Nc2ccc(OC(C)C)c(C#N)c2)CC1. The number of nitriles is 1. The predicted molar refractivity (Wildman–Crippen MR) is 95.1 cm³/mol. The summed E-state index contributed by atoms with van der Waals surface area (Å²) in [5.74, 6) is 0.170. The molecule has 0 atom stereocenters. The number of anilines is 1. The molecule has 6 nitrogen and oxygen atoms in total. The van der Waals surface area contributed by atoms with Gasteiger partial charge in [-0.25, -0.2) is 0 Å². The highest BCUT2D eigenvalue weighted by atomic mass is 16.5. The van der Waals surface area contributed by atoms with Crippen molar-refractivity contribution in [2.75, 3.05) is 18.4 Å². The monoisotopic (exact) mass is 341 g/mol. The molecule has 0 spiro atoms. The van der Waals surface area contributed by atoms with E-state index in [2.05, 4.69) is 18.0 Å². The molecule has 1 fully saturated rings. The second-order valence-electron chi connectivity index (χ2n) is 6.28. The maximum absolute atomic E-state index is 12.4. The fourth-order valence-corrected chi connectivity index (χ4v) is 2.79. The third-order valence-corrected chi connectivity index (χ3v) is 4.08. The van der Waals surface area contributed by atoms with Crippen molar-refractivity contribution in [2.24, 2.45) is 5.92 Å². The Kier molecular flexibility index (Phi) is 6.18. The molecule has 0 bridgehead atoms. The number of piperidine rings is 1. The summed E-state index contributed by atoms with van der Waals surface area (Å²) in [6.45, 7) is 8.36. The molecule has 1 aliphatic heterocycles. The molecule has 2 amide bonds. The molecule has 1 aromatic rings. The molecule has 0 radical (unpaired) electrons. The minimum atomic E-state index is -0.147. The highest BCUT2D eigenvalue weighted by molar-refractivity contribution is 5.93. The molecule has 1 N–H and O–H groups in total. The van der Waals surface area contributed by atoms with E-state index in [0.717, 1.165) is 0 Å². The quantitative estimate of drug-likeness (QED) is 0.835. The fourth-order valence-electron chi connectivity index (χ4n) is 2.79. The molecular formula is C19H23N3O3. The van der Waals surface area contributed by atoms with Gasteiger partial charge >= 0.3 is 0 Å². The minimum Gasteiger partial charge on any atom is -0.490 e. The first-order valence-corrected chi connectivity index (χ1v) is 8.37. The van der Waals surface area contributed by atoms with Crippen molar-refractivity contribution in [2.45, 2.75) is 32.8 Å². The van der Waals surface area contributed by atoms with Gasteiger partial charge in [0.25, 0.3) is 0 Å². The van der Waals surface area contributed by atoms with Gasteiger partial charge in [0.05, 0.1) is 11.7 Å². The molecule has 2 rings (SSSR count). The first-order chi connectivity index (χ1) is 11.9. The average molecular weight is 341 g/mol. The predicted octanol–water partition coefficient (Wildman–Crippen LogP) is 2.71. The van der Waals surface area contributed by atoms with Crippen molar-refractivity contribution in [1.82, 2.24) is 4.90 Å². The van der Waals surface area contributed by atoms with E-state index >= 15 is 0 Å². The van der Waals surface area contributed by atoms with Crippen LogP contribution in [0.4, 0.5) is 5.69 Å². The Morgan fingerprint density at radius 1 is 1.40 bits per heavy atom. The number of hydrogen-bond donors (Lipinski definition) is 1. The fraction of sp³-hybridized carbons (Fsp3) is 0.421. The van der Waals surface area contributed by atoms with Gasteiger partial charge in [-0.3, -0.25) is 9.59 Å². The number of benzene rings is 1. The third kappa shape index (κ3) is 4.83. The second-order valence-corrected chi connectivity index (χ2v) is 6.28. The number of amides is 2. The molecule has 0 saturated carbocycles. The minimum absolute atomic E-state index is 0.0315. The van der Waals surface area contributed by atoms with Crippen molar-refractivity contribution in [3.05, 3.63) is 36.4 Å². The van der Waals surface area contributed by atoms with Crippen LogP contribution in [0, 0.1) is 17.2 Å². The van der Waals surface area contributed by atoms with E-state index in [1.165, 1.54) is 6.08 Å². The van der Waals surface area contributed by atoms with Crippen LogP contribution in [0.3, 0.4) is 0 Å².